The van der Waals surface area contributed by atoms with Gasteiger partial charge in [-0.15, -0.1) is 0 Å². The summed E-state index contributed by atoms with van der Waals surface area (Å²) in [6.45, 7) is 7.65. The Hall–Kier alpha value is -5.09. The van der Waals surface area contributed by atoms with Crippen molar-refractivity contribution in [3.8, 4) is 11.3 Å². The zero-order valence-electron chi connectivity index (χ0n) is 25.8. The van der Waals surface area contributed by atoms with E-state index in [1.54, 1.807) is 0 Å². The van der Waals surface area contributed by atoms with E-state index in [2.05, 4.69) is 97.0 Å². The molecule has 46 heavy (non-hydrogen) atoms. The number of nitrogens with zero attached hydrogens (tertiary/aromatic N) is 6. The minimum atomic E-state index is 0.448. The Morgan fingerprint density at radius 1 is 0.609 bits per heavy atom. The number of furan rings is 1. The fourth-order valence-electron chi connectivity index (χ4n) is 6.01. The lowest BCUT2D eigenvalue weighted by atomic mass is 10.2. The maximum Gasteiger partial charge on any atom is 0.232 e. The molecular formula is C36H38N8OS. The number of rotatable bonds is 8. The van der Waals surface area contributed by atoms with Gasteiger partial charge in [0.15, 0.2) is 5.11 Å². The number of benzene rings is 3. The van der Waals surface area contributed by atoms with Gasteiger partial charge in [0.1, 0.15) is 23.2 Å². The molecule has 2 N–H and O–H groups in total. The molecule has 0 aliphatic carbocycles. The fourth-order valence-corrected chi connectivity index (χ4v) is 6.17. The van der Waals surface area contributed by atoms with Crippen molar-refractivity contribution in [1.82, 2.24) is 15.3 Å². The highest BCUT2D eigenvalue weighted by Crippen LogP contribution is 2.26. The Morgan fingerprint density at radius 2 is 1.09 bits per heavy atom. The Bertz CT molecular complexity index is 1640. The molecule has 3 aromatic carbocycles. The second kappa shape index (κ2) is 13.9. The van der Waals surface area contributed by atoms with Crippen LogP contribution >= 0.6 is 12.2 Å². The summed E-state index contributed by atoms with van der Waals surface area (Å²) in [6, 6.07) is 37.4. The van der Waals surface area contributed by atoms with Crippen molar-refractivity contribution in [2.24, 2.45) is 0 Å². The smallest absolute Gasteiger partial charge is 0.232 e. The molecule has 2 aromatic heterocycles. The minimum absolute atomic E-state index is 0.448. The minimum Gasteiger partial charge on any atom is -0.459 e. The van der Waals surface area contributed by atoms with Crippen LogP contribution in [0.25, 0.3) is 11.3 Å². The average molecular weight is 631 g/mol. The van der Waals surface area contributed by atoms with Crippen LogP contribution < -0.4 is 30.2 Å². The van der Waals surface area contributed by atoms with Crippen LogP contribution in [0.15, 0.2) is 114 Å². The van der Waals surface area contributed by atoms with Gasteiger partial charge in [-0.3, -0.25) is 0 Å². The Balaban J connectivity index is 1.04. The van der Waals surface area contributed by atoms with E-state index in [4.69, 9.17) is 26.6 Å². The van der Waals surface area contributed by atoms with Crippen molar-refractivity contribution < 1.29 is 4.42 Å². The second-order valence-electron chi connectivity index (χ2n) is 11.5. The van der Waals surface area contributed by atoms with Gasteiger partial charge in [-0.1, -0.05) is 66.7 Å². The molecule has 2 aliphatic heterocycles. The number of aromatic nitrogens is 2. The molecule has 0 saturated carbocycles. The summed E-state index contributed by atoms with van der Waals surface area (Å²) in [5.74, 6) is 3.94. The molecule has 0 radical (unpaired) electrons. The number of piperazine rings is 2. The van der Waals surface area contributed by atoms with Gasteiger partial charge in [-0.2, -0.15) is 9.97 Å². The van der Waals surface area contributed by atoms with E-state index in [9.17, 15) is 0 Å². The highest BCUT2D eigenvalue weighted by molar-refractivity contribution is 7.80. The number of hydrogen-bond donors (Lipinski definition) is 2. The van der Waals surface area contributed by atoms with Crippen LogP contribution in [-0.2, 0) is 6.54 Å². The Kier molecular flexibility index (Phi) is 8.95. The Labute approximate surface area is 275 Å². The van der Waals surface area contributed by atoms with Crippen molar-refractivity contribution in [3.63, 3.8) is 0 Å². The number of para-hydroxylation sites is 2. The van der Waals surface area contributed by atoms with E-state index in [1.807, 2.05) is 42.5 Å². The maximum absolute atomic E-state index is 6.05. The van der Waals surface area contributed by atoms with Gasteiger partial charge in [0.2, 0.25) is 5.95 Å². The molecule has 9 nitrogen and oxygen atoms in total. The predicted molar refractivity (Wildman–Crippen MR) is 191 cm³/mol. The zero-order chi connectivity index (χ0) is 31.1. The van der Waals surface area contributed by atoms with Crippen molar-refractivity contribution in [1.29, 1.82) is 0 Å². The van der Waals surface area contributed by atoms with Crippen LogP contribution in [0, 0.1) is 0 Å². The molecule has 234 valence electrons. The first-order valence-electron chi connectivity index (χ1n) is 15.9. The molecule has 10 heteroatoms. The number of nitrogens with one attached hydrogen (secondary N) is 2. The largest absolute Gasteiger partial charge is 0.459 e. The van der Waals surface area contributed by atoms with Crippen LogP contribution in [0.4, 0.5) is 29.0 Å². The lowest BCUT2D eigenvalue weighted by Crippen LogP contribution is -2.48. The van der Waals surface area contributed by atoms with Crippen molar-refractivity contribution in [3.05, 3.63) is 115 Å². The van der Waals surface area contributed by atoms with E-state index in [0.717, 1.165) is 81.1 Å². The topological polar surface area (TPSA) is 75.9 Å². The molecule has 2 saturated heterocycles. The monoisotopic (exact) mass is 630 g/mol. The molecule has 0 unspecified atom stereocenters. The van der Waals surface area contributed by atoms with Gasteiger partial charge in [-0.25, -0.2) is 0 Å². The summed E-state index contributed by atoms with van der Waals surface area (Å²) in [5.41, 5.74) is 3.56. The van der Waals surface area contributed by atoms with Crippen LogP contribution in [0.3, 0.4) is 0 Å². The summed E-state index contributed by atoms with van der Waals surface area (Å²) in [5, 5.41) is 6.97. The van der Waals surface area contributed by atoms with Crippen LogP contribution in [-0.4, -0.2) is 67.4 Å². The summed E-state index contributed by atoms with van der Waals surface area (Å²) in [6.07, 6.45) is 0. The van der Waals surface area contributed by atoms with Gasteiger partial charge in [0.05, 0.1) is 6.54 Å². The van der Waals surface area contributed by atoms with E-state index in [-0.39, 0.29) is 0 Å². The van der Waals surface area contributed by atoms with E-state index >= 15 is 0 Å². The van der Waals surface area contributed by atoms with E-state index in [0.29, 0.717) is 17.6 Å². The van der Waals surface area contributed by atoms with Crippen LogP contribution in [0.5, 0.6) is 0 Å². The molecule has 0 bridgehead atoms. The molecule has 0 atom stereocenters. The lowest BCUT2D eigenvalue weighted by Gasteiger charge is -2.38. The number of thiocarbonyl (C=S) groups is 1. The van der Waals surface area contributed by atoms with Gasteiger partial charge in [-0.05, 0) is 48.6 Å². The van der Waals surface area contributed by atoms with E-state index < -0.39 is 0 Å². The normalized spacial score (nSPS) is 15.1. The first-order valence-corrected chi connectivity index (χ1v) is 16.3. The SMILES string of the molecule is S=C(NCc1ccc(-c2ccccc2)o1)Nc1nc(N2CCN(c3ccccc3)CC2)cc(N2CCN(c3ccccc3)CC2)n1. The maximum atomic E-state index is 6.05. The third kappa shape index (κ3) is 7.07. The standard InChI is InChI=1S/C36H38N8OS/c46-36(37-27-31-16-17-32(45-31)28-10-4-1-5-11-28)40-35-38-33(43-22-18-41(19-23-43)29-12-6-2-7-13-29)26-34(39-35)44-24-20-42(21-25-44)30-14-8-3-9-15-30/h1-17,26H,18-25,27H2,(H2,37,38,39,40,46). The van der Waals surface area contributed by atoms with Crippen molar-refractivity contribution in [2.45, 2.75) is 6.54 Å². The van der Waals surface area contributed by atoms with Gasteiger partial charge < -0.3 is 34.7 Å². The zero-order valence-corrected chi connectivity index (χ0v) is 26.6. The van der Waals surface area contributed by atoms with Crippen LogP contribution in [0.1, 0.15) is 5.76 Å². The third-order valence-electron chi connectivity index (χ3n) is 8.52. The first-order chi connectivity index (χ1) is 22.7. The van der Waals surface area contributed by atoms with Crippen LogP contribution in [0.2, 0.25) is 0 Å². The molecule has 2 fully saturated rings. The highest BCUT2D eigenvalue weighted by Gasteiger charge is 2.23. The first kappa shape index (κ1) is 29.6. The van der Waals surface area contributed by atoms with Gasteiger partial charge in [0, 0.05) is 75.4 Å². The Morgan fingerprint density at radius 3 is 1.61 bits per heavy atom. The van der Waals surface area contributed by atoms with Crippen molar-refractivity contribution >= 4 is 46.3 Å². The number of anilines is 5. The summed E-state index contributed by atoms with van der Waals surface area (Å²) < 4.78 is 6.05. The quantitative estimate of drug-likeness (QED) is 0.203. The molecule has 0 spiro atoms. The summed E-state index contributed by atoms with van der Waals surface area (Å²) in [4.78, 5) is 19.4. The molecule has 0 amide bonds. The van der Waals surface area contributed by atoms with Gasteiger partial charge >= 0.3 is 0 Å². The summed E-state index contributed by atoms with van der Waals surface area (Å²) >= 11 is 5.69. The summed E-state index contributed by atoms with van der Waals surface area (Å²) in [7, 11) is 0. The lowest BCUT2D eigenvalue weighted by molar-refractivity contribution is 0.516. The molecular weight excluding hydrogens is 593 g/mol. The molecule has 5 aromatic rings. The van der Waals surface area contributed by atoms with Gasteiger partial charge in [0.25, 0.3) is 0 Å². The molecule has 4 heterocycles. The highest BCUT2D eigenvalue weighted by atomic mass is 32.1. The number of hydrogen-bond acceptors (Lipinski definition) is 8. The second-order valence-corrected chi connectivity index (χ2v) is 11.9. The van der Waals surface area contributed by atoms with E-state index in [1.165, 1.54) is 11.4 Å². The predicted octanol–water partition coefficient (Wildman–Crippen LogP) is 5.88. The molecule has 2 aliphatic rings. The van der Waals surface area contributed by atoms with Crippen molar-refractivity contribution in [2.75, 3.05) is 77.3 Å². The fraction of sp³-hybridized carbons (Fsp3) is 0.250. The third-order valence-corrected chi connectivity index (χ3v) is 8.76. The average Bonchev–Trinajstić information content (AvgIpc) is 3.61. The molecule has 7 rings (SSSR count).